The van der Waals surface area contributed by atoms with E-state index >= 15 is 0 Å². The number of fused-ring (bicyclic) bond motifs is 3. The van der Waals surface area contributed by atoms with Crippen molar-refractivity contribution in [3.8, 4) is 43.0 Å². The first-order valence-electron chi connectivity index (χ1n) is 21.8. The summed E-state index contributed by atoms with van der Waals surface area (Å²) in [7, 11) is 0. The lowest BCUT2D eigenvalue weighted by molar-refractivity contribution is 0.232. The quantitative estimate of drug-likeness (QED) is 0.0566. The standard InChI is InChI=1S/C48H61N3O4S2/c1-6-11-14-15-16-17-27-51-49-43-35(40-21-18-29-56-40)22-23-36(44(43)50-51)41-24-25-42(57-41)39-30-38-47(54-32-34(10-5)20-13-8-3)45-37(26-28-52-45)46(48(38)55-39)53-31-33(9-4)19-12-7-2/h18,21-26,28-30,33-34H,6-17,19-20,27,31-32H2,1-5H3. The van der Waals surface area contributed by atoms with E-state index < -0.39 is 0 Å². The van der Waals surface area contributed by atoms with Crippen LogP contribution in [0.5, 0.6) is 11.5 Å². The summed E-state index contributed by atoms with van der Waals surface area (Å²) in [6.07, 6.45) is 18.4. The Labute approximate surface area is 346 Å². The molecule has 2 unspecified atom stereocenters. The molecule has 57 heavy (non-hydrogen) atoms. The number of aromatic nitrogens is 3. The smallest absolute Gasteiger partial charge is 0.181 e. The van der Waals surface area contributed by atoms with Crippen molar-refractivity contribution in [2.45, 2.75) is 131 Å². The van der Waals surface area contributed by atoms with Crippen LogP contribution in [0.1, 0.15) is 125 Å². The third kappa shape index (κ3) is 9.46. The molecule has 7 nitrogen and oxygen atoms in total. The molecule has 0 aliphatic rings. The molecule has 0 amide bonds. The predicted molar refractivity (Wildman–Crippen MR) is 240 cm³/mol. The molecule has 5 aromatic heterocycles. The van der Waals surface area contributed by atoms with E-state index in [1.165, 1.54) is 62.7 Å². The number of thiophene rings is 2. The van der Waals surface area contributed by atoms with Crippen molar-refractivity contribution in [3.63, 3.8) is 0 Å². The summed E-state index contributed by atoms with van der Waals surface area (Å²) in [5.74, 6) is 3.22. The van der Waals surface area contributed by atoms with Crippen LogP contribution in [0.15, 0.2) is 69.0 Å². The zero-order valence-electron chi connectivity index (χ0n) is 34.7. The van der Waals surface area contributed by atoms with Gasteiger partial charge in [0.1, 0.15) is 16.8 Å². The molecule has 5 heterocycles. The largest absolute Gasteiger partial charge is 0.489 e. The summed E-state index contributed by atoms with van der Waals surface area (Å²) < 4.78 is 26.5. The van der Waals surface area contributed by atoms with E-state index in [4.69, 9.17) is 28.5 Å². The number of furan rings is 2. The van der Waals surface area contributed by atoms with Crippen LogP contribution >= 0.6 is 22.7 Å². The molecule has 9 heteroatoms. The van der Waals surface area contributed by atoms with Crippen molar-refractivity contribution in [1.82, 2.24) is 15.0 Å². The fraction of sp³-hybridized carbons (Fsp3) is 0.500. The first-order valence-corrected chi connectivity index (χ1v) is 23.5. The number of rotatable bonds is 24. The van der Waals surface area contributed by atoms with E-state index in [1.54, 1.807) is 28.9 Å². The molecular formula is C48H61N3O4S2. The molecule has 0 spiro atoms. The molecule has 0 radical (unpaired) electrons. The Morgan fingerprint density at radius 2 is 1.28 bits per heavy atom. The van der Waals surface area contributed by atoms with Crippen molar-refractivity contribution in [2.75, 3.05) is 13.2 Å². The molecule has 0 aliphatic carbocycles. The second-order valence-electron chi connectivity index (χ2n) is 15.7. The van der Waals surface area contributed by atoms with Crippen molar-refractivity contribution >= 4 is 55.6 Å². The Balaban J connectivity index is 1.25. The first kappa shape index (κ1) is 41.1. The van der Waals surface area contributed by atoms with Crippen LogP contribution in [0.2, 0.25) is 0 Å². The van der Waals surface area contributed by atoms with Crippen molar-refractivity contribution in [1.29, 1.82) is 0 Å². The van der Waals surface area contributed by atoms with Crippen molar-refractivity contribution in [2.24, 2.45) is 11.8 Å². The fourth-order valence-corrected chi connectivity index (χ4v) is 9.59. The SMILES string of the molecule is CCCCCCCCn1nc2c(-c3cccs3)ccc(-c3ccc(-c4cc5c(OCC(CC)CCCC)c6occc6c(OCC(CC)CCCC)c5o4)s3)c2n1. The minimum atomic E-state index is 0.475. The highest BCUT2D eigenvalue weighted by Crippen LogP contribution is 2.48. The van der Waals surface area contributed by atoms with Crippen LogP contribution in [0, 0.1) is 11.8 Å². The van der Waals surface area contributed by atoms with Gasteiger partial charge in [0.25, 0.3) is 0 Å². The molecule has 7 rings (SSSR count). The fourth-order valence-electron chi connectivity index (χ4n) is 7.86. The summed E-state index contributed by atoms with van der Waals surface area (Å²) >= 11 is 3.46. The molecule has 2 atom stereocenters. The van der Waals surface area contributed by atoms with Crippen molar-refractivity contribution < 1.29 is 18.3 Å². The van der Waals surface area contributed by atoms with Gasteiger partial charge in [-0.25, -0.2) is 0 Å². The van der Waals surface area contributed by atoms with Gasteiger partial charge in [-0.15, -0.1) is 22.7 Å². The molecule has 0 N–H and O–H groups in total. The zero-order chi connectivity index (χ0) is 39.6. The van der Waals surface area contributed by atoms with Gasteiger partial charge in [-0.2, -0.15) is 15.0 Å². The molecule has 7 aromatic rings. The molecule has 0 aliphatic heterocycles. The van der Waals surface area contributed by atoms with Crippen LogP contribution < -0.4 is 9.47 Å². The summed E-state index contributed by atoms with van der Waals surface area (Å²) in [4.78, 5) is 5.30. The van der Waals surface area contributed by atoms with Gasteiger partial charge in [0, 0.05) is 20.9 Å². The first-order chi connectivity index (χ1) is 28.1. The van der Waals surface area contributed by atoms with Gasteiger partial charge in [-0.1, -0.05) is 123 Å². The molecule has 0 bridgehead atoms. The topological polar surface area (TPSA) is 75.5 Å². The second kappa shape index (κ2) is 20.1. The summed E-state index contributed by atoms with van der Waals surface area (Å²) in [5, 5.41) is 14.1. The minimum Gasteiger partial charge on any atom is -0.489 e. The minimum absolute atomic E-state index is 0.475. The van der Waals surface area contributed by atoms with Crippen LogP contribution in [-0.2, 0) is 6.54 Å². The third-order valence-corrected chi connectivity index (χ3v) is 13.5. The molecular weight excluding hydrogens is 747 g/mol. The van der Waals surface area contributed by atoms with Gasteiger partial charge in [0.05, 0.1) is 41.7 Å². The monoisotopic (exact) mass is 807 g/mol. The van der Waals surface area contributed by atoms with E-state index in [9.17, 15) is 0 Å². The predicted octanol–water partition coefficient (Wildman–Crippen LogP) is 15.6. The van der Waals surface area contributed by atoms with Gasteiger partial charge in [-0.3, -0.25) is 0 Å². The average molecular weight is 808 g/mol. The summed E-state index contributed by atoms with van der Waals surface area (Å²) in [6, 6.07) is 17.2. The summed E-state index contributed by atoms with van der Waals surface area (Å²) in [6.45, 7) is 13.4. The van der Waals surface area contributed by atoms with Crippen molar-refractivity contribution in [3.05, 3.63) is 60.2 Å². The number of benzene rings is 2. The number of unbranched alkanes of at least 4 members (excludes halogenated alkanes) is 7. The van der Waals surface area contributed by atoms with E-state index in [0.717, 1.165) is 110 Å². The Hall–Kier alpha value is -4.08. The van der Waals surface area contributed by atoms with Gasteiger partial charge in [-0.05, 0) is 66.8 Å². The third-order valence-electron chi connectivity index (χ3n) is 11.5. The highest BCUT2D eigenvalue weighted by molar-refractivity contribution is 7.18. The van der Waals surface area contributed by atoms with E-state index in [1.807, 2.05) is 10.9 Å². The van der Waals surface area contributed by atoms with Crippen LogP contribution in [0.4, 0.5) is 0 Å². The Morgan fingerprint density at radius 1 is 0.649 bits per heavy atom. The molecule has 0 saturated carbocycles. The van der Waals surface area contributed by atoms with Gasteiger partial charge in [0.15, 0.2) is 22.7 Å². The maximum atomic E-state index is 6.87. The number of ether oxygens (including phenoxy) is 2. The van der Waals surface area contributed by atoms with Gasteiger partial charge in [0.2, 0.25) is 0 Å². The Bertz CT molecular complexity index is 2220. The second-order valence-corrected chi connectivity index (χ2v) is 17.7. The lowest BCUT2D eigenvalue weighted by Crippen LogP contribution is -2.12. The zero-order valence-corrected chi connectivity index (χ0v) is 36.4. The van der Waals surface area contributed by atoms with E-state index in [-0.39, 0.29) is 0 Å². The summed E-state index contributed by atoms with van der Waals surface area (Å²) in [5.41, 5.74) is 5.57. The lowest BCUT2D eigenvalue weighted by atomic mass is 10.0. The van der Waals surface area contributed by atoms with Gasteiger partial charge >= 0.3 is 0 Å². The average Bonchev–Trinajstić information content (AvgIpc) is 4.09. The number of aryl methyl sites for hydroxylation is 1. The molecule has 0 saturated heterocycles. The van der Waals surface area contributed by atoms with Crippen LogP contribution in [0.3, 0.4) is 0 Å². The number of nitrogens with zero attached hydrogens (tertiary/aromatic N) is 3. The number of hydrogen-bond donors (Lipinski definition) is 0. The van der Waals surface area contributed by atoms with Crippen LogP contribution in [0.25, 0.3) is 64.5 Å². The van der Waals surface area contributed by atoms with E-state index in [2.05, 4.69) is 82.5 Å². The molecule has 0 fully saturated rings. The Morgan fingerprint density at radius 3 is 1.93 bits per heavy atom. The lowest BCUT2D eigenvalue weighted by Gasteiger charge is -2.18. The molecule has 304 valence electrons. The normalized spacial score (nSPS) is 13.0. The van der Waals surface area contributed by atoms with E-state index in [0.29, 0.717) is 25.0 Å². The van der Waals surface area contributed by atoms with Gasteiger partial charge < -0.3 is 18.3 Å². The Kier molecular flexibility index (Phi) is 14.5. The maximum absolute atomic E-state index is 6.87. The highest BCUT2D eigenvalue weighted by Gasteiger charge is 2.26. The maximum Gasteiger partial charge on any atom is 0.181 e. The number of hydrogen-bond acceptors (Lipinski definition) is 8. The highest BCUT2D eigenvalue weighted by atomic mass is 32.1. The molecule has 2 aromatic carbocycles. The van der Waals surface area contributed by atoms with Crippen LogP contribution in [-0.4, -0.2) is 28.2 Å².